The van der Waals surface area contributed by atoms with Crippen LogP contribution in [0, 0.1) is 0 Å². The number of carbonyl (C=O) groups is 2. The Balaban J connectivity index is 2.02. The van der Waals surface area contributed by atoms with Gasteiger partial charge in [-0.25, -0.2) is 0 Å². The third kappa shape index (κ3) is 4.93. The standard InChI is InChI=1S/C14H27N2O4PSi/c1-22(2,3)20-21(19,12-16-9-5-7-14(16)18)11-10-15-8-4-6-13(15)17/h4-12H2,1-3H3. The van der Waals surface area contributed by atoms with Crippen LogP contribution < -0.4 is 0 Å². The molecule has 2 amide bonds. The van der Waals surface area contributed by atoms with Crippen molar-refractivity contribution < 1.29 is 18.4 Å². The summed E-state index contributed by atoms with van der Waals surface area (Å²) in [6, 6.07) is 0. The Kier molecular flexibility index (Phi) is 5.51. The van der Waals surface area contributed by atoms with E-state index < -0.39 is 15.7 Å². The monoisotopic (exact) mass is 346 g/mol. The number of hydrogen-bond acceptors (Lipinski definition) is 4. The topological polar surface area (TPSA) is 66.9 Å². The minimum absolute atomic E-state index is 0.0663. The van der Waals surface area contributed by atoms with Crippen molar-refractivity contribution in [2.75, 3.05) is 32.1 Å². The van der Waals surface area contributed by atoms with E-state index >= 15 is 0 Å². The van der Waals surface area contributed by atoms with E-state index in [1.165, 1.54) is 0 Å². The molecule has 0 aromatic rings. The van der Waals surface area contributed by atoms with Gasteiger partial charge in [-0.05, 0) is 32.5 Å². The van der Waals surface area contributed by atoms with Crippen molar-refractivity contribution in [2.45, 2.75) is 45.3 Å². The zero-order valence-electron chi connectivity index (χ0n) is 13.8. The molecule has 0 saturated carbocycles. The second kappa shape index (κ2) is 6.85. The molecule has 2 fully saturated rings. The first-order valence-electron chi connectivity index (χ1n) is 8.03. The van der Waals surface area contributed by atoms with Crippen LogP contribution in [0.25, 0.3) is 0 Å². The van der Waals surface area contributed by atoms with Gasteiger partial charge in [0.2, 0.25) is 19.2 Å². The first-order valence-corrected chi connectivity index (χ1v) is 13.4. The Morgan fingerprint density at radius 3 is 2.05 bits per heavy atom. The lowest BCUT2D eigenvalue weighted by Crippen LogP contribution is -2.34. The van der Waals surface area contributed by atoms with E-state index in [9.17, 15) is 14.2 Å². The van der Waals surface area contributed by atoms with Gasteiger partial charge in [0.25, 0.3) is 0 Å². The SMILES string of the molecule is C[Si](C)(C)OP(=O)(CCN1CCCC1=O)CN1CCCC1=O. The van der Waals surface area contributed by atoms with E-state index in [1.54, 1.807) is 9.80 Å². The Morgan fingerprint density at radius 2 is 1.59 bits per heavy atom. The number of rotatable bonds is 7. The van der Waals surface area contributed by atoms with Crippen LogP contribution in [-0.2, 0) is 18.4 Å². The van der Waals surface area contributed by atoms with Gasteiger partial charge in [-0.3, -0.25) is 14.2 Å². The van der Waals surface area contributed by atoms with Crippen molar-refractivity contribution >= 4 is 27.5 Å². The van der Waals surface area contributed by atoms with Crippen molar-refractivity contribution in [3.63, 3.8) is 0 Å². The van der Waals surface area contributed by atoms with Crippen molar-refractivity contribution in [1.82, 2.24) is 9.80 Å². The van der Waals surface area contributed by atoms with E-state index in [4.69, 9.17) is 4.21 Å². The molecule has 0 radical (unpaired) electrons. The first kappa shape index (κ1) is 17.7. The van der Waals surface area contributed by atoms with Gasteiger partial charge in [-0.1, -0.05) is 0 Å². The fourth-order valence-corrected chi connectivity index (χ4v) is 9.07. The maximum Gasteiger partial charge on any atom is 0.223 e. The molecular weight excluding hydrogens is 319 g/mol. The third-order valence-electron chi connectivity index (χ3n) is 3.88. The van der Waals surface area contributed by atoms with Crippen molar-refractivity contribution in [3.05, 3.63) is 0 Å². The number of carbonyl (C=O) groups excluding carboxylic acids is 2. The van der Waals surface area contributed by atoms with Gasteiger partial charge in [0, 0.05) is 38.6 Å². The summed E-state index contributed by atoms with van der Waals surface area (Å²) in [6.07, 6.45) is 3.39. The Labute approximate surface area is 133 Å². The van der Waals surface area contributed by atoms with Crippen LogP contribution in [0.2, 0.25) is 19.6 Å². The lowest BCUT2D eigenvalue weighted by atomic mass is 10.4. The highest BCUT2D eigenvalue weighted by molar-refractivity contribution is 7.60. The summed E-state index contributed by atoms with van der Waals surface area (Å²) in [4.78, 5) is 27.0. The van der Waals surface area contributed by atoms with Gasteiger partial charge < -0.3 is 14.0 Å². The first-order chi connectivity index (χ1) is 10.2. The number of nitrogens with zero attached hydrogens (tertiary/aromatic N) is 2. The fraction of sp³-hybridized carbons (Fsp3) is 0.857. The molecule has 6 nitrogen and oxygen atoms in total. The zero-order chi connectivity index (χ0) is 16.4. The molecule has 22 heavy (non-hydrogen) atoms. The average Bonchev–Trinajstić information content (AvgIpc) is 2.95. The maximum atomic E-state index is 13.3. The fourth-order valence-electron chi connectivity index (χ4n) is 2.97. The molecule has 0 aromatic heterocycles. The molecule has 2 aliphatic heterocycles. The Bertz CT molecular complexity index is 492. The van der Waals surface area contributed by atoms with Gasteiger partial charge in [0.15, 0.2) is 8.32 Å². The Morgan fingerprint density at radius 1 is 1.05 bits per heavy atom. The summed E-state index contributed by atoms with van der Waals surface area (Å²) in [6.45, 7) is 7.91. The van der Waals surface area contributed by atoms with Gasteiger partial charge in [0.1, 0.15) is 0 Å². The molecule has 2 rings (SSSR count). The molecule has 0 aromatic carbocycles. The smallest absolute Gasteiger partial charge is 0.223 e. The summed E-state index contributed by atoms with van der Waals surface area (Å²) in [7, 11) is -4.92. The molecular formula is C14H27N2O4PSi. The van der Waals surface area contributed by atoms with Gasteiger partial charge >= 0.3 is 0 Å². The molecule has 126 valence electrons. The number of amides is 2. The second-order valence-electron chi connectivity index (χ2n) is 7.13. The van der Waals surface area contributed by atoms with E-state index in [0.717, 1.165) is 19.4 Å². The summed E-state index contributed by atoms with van der Waals surface area (Å²) < 4.78 is 19.3. The van der Waals surface area contributed by atoms with Crippen LogP contribution in [0.3, 0.4) is 0 Å². The molecule has 2 saturated heterocycles. The van der Waals surface area contributed by atoms with Crippen LogP contribution in [0.5, 0.6) is 0 Å². The van der Waals surface area contributed by atoms with Crippen LogP contribution >= 0.6 is 7.37 Å². The normalized spacial score (nSPS) is 22.5. The van der Waals surface area contributed by atoms with Crippen LogP contribution in [0.4, 0.5) is 0 Å². The molecule has 0 bridgehead atoms. The van der Waals surface area contributed by atoms with Crippen LogP contribution in [0.15, 0.2) is 0 Å². The van der Waals surface area contributed by atoms with Gasteiger partial charge in [0.05, 0.1) is 6.29 Å². The molecule has 1 unspecified atom stereocenters. The predicted molar refractivity (Wildman–Crippen MR) is 88.5 cm³/mol. The van der Waals surface area contributed by atoms with Crippen LogP contribution in [-0.4, -0.2) is 62.0 Å². The average molecular weight is 346 g/mol. The molecule has 0 N–H and O–H groups in total. The van der Waals surface area contributed by atoms with E-state index in [-0.39, 0.29) is 18.1 Å². The predicted octanol–water partition coefficient (Wildman–Crippen LogP) is 2.32. The highest BCUT2D eigenvalue weighted by atomic mass is 31.2. The number of likely N-dealkylation sites (tertiary alicyclic amines) is 2. The van der Waals surface area contributed by atoms with Gasteiger partial charge in [-0.15, -0.1) is 0 Å². The summed E-state index contributed by atoms with van der Waals surface area (Å²) in [5, 5.41) is 0. The Hall–Kier alpha value is -0.653. The van der Waals surface area contributed by atoms with Crippen LogP contribution in [0.1, 0.15) is 25.7 Å². The largest absolute Gasteiger partial charge is 0.369 e. The van der Waals surface area contributed by atoms with E-state index in [0.29, 0.717) is 32.1 Å². The molecule has 8 heteroatoms. The lowest BCUT2D eigenvalue weighted by molar-refractivity contribution is -0.128. The van der Waals surface area contributed by atoms with E-state index in [2.05, 4.69) is 0 Å². The van der Waals surface area contributed by atoms with Crippen molar-refractivity contribution in [3.8, 4) is 0 Å². The third-order valence-corrected chi connectivity index (χ3v) is 9.06. The molecule has 0 aliphatic carbocycles. The maximum absolute atomic E-state index is 13.3. The molecule has 2 aliphatic rings. The second-order valence-corrected chi connectivity index (χ2v) is 14.4. The van der Waals surface area contributed by atoms with Crippen molar-refractivity contribution in [1.29, 1.82) is 0 Å². The number of hydrogen-bond donors (Lipinski definition) is 0. The summed E-state index contributed by atoms with van der Waals surface area (Å²) in [5.74, 6) is 0.202. The minimum Gasteiger partial charge on any atom is -0.369 e. The summed E-state index contributed by atoms with van der Waals surface area (Å²) in [5.41, 5.74) is 0. The molecule has 0 spiro atoms. The quantitative estimate of drug-likeness (QED) is 0.524. The summed E-state index contributed by atoms with van der Waals surface area (Å²) >= 11 is 0. The molecule has 2 heterocycles. The highest BCUT2D eigenvalue weighted by Gasteiger charge is 2.36. The molecule has 1 atom stereocenters. The van der Waals surface area contributed by atoms with E-state index in [1.807, 2.05) is 19.6 Å². The lowest BCUT2D eigenvalue weighted by Gasteiger charge is -2.31. The van der Waals surface area contributed by atoms with Crippen molar-refractivity contribution in [2.24, 2.45) is 0 Å². The highest BCUT2D eigenvalue weighted by Crippen LogP contribution is 2.50. The minimum atomic E-state index is -2.93. The van der Waals surface area contributed by atoms with Gasteiger partial charge in [-0.2, -0.15) is 0 Å². The zero-order valence-corrected chi connectivity index (χ0v) is 15.7.